The molecule has 0 saturated carbocycles. The van der Waals surface area contributed by atoms with Crippen LogP contribution in [0.15, 0.2) is 42.5 Å². The summed E-state index contributed by atoms with van der Waals surface area (Å²) in [6.07, 6.45) is -3.87. The zero-order valence-electron chi connectivity index (χ0n) is 15.5. The van der Waals surface area contributed by atoms with Crippen molar-refractivity contribution in [2.24, 2.45) is 0 Å². The number of rotatable bonds is 9. The molecule has 0 aliphatic rings. The number of aliphatic hydroxyl groups is 2. The molecule has 0 saturated heterocycles. The number of ether oxygens (including phenoxy) is 1. The molecule has 0 fully saturated rings. The number of carbonyl (C=O) groups is 2. The summed E-state index contributed by atoms with van der Waals surface area (Å²) in [6.45, 7) is -0.309. The molecule has 0 heterocycles. The molecule has 2 aromatic rings. The summed E-state index contributed by atoms with van der Waals surface area (Å²) in [5.41, 5.74) is 1.46. The van der Waals surface area contributed by atoms with E-state index < -0.39 is 41.8 Å². The van der Waals surface area contributed by atoms with Gasteiger partial charge < -0.3 is 25.4 Å². The smallest absolute Gasteiger partial charge is 0.335 e. The molecule has 1 amide bonds. The Morgan fingerprint density at radius 1 is 1.03 bits per heavy atom. The number of carboxylic acid groups (broad SMARTS) is 1. The van der Waals surface area contributed by atoms with Crippen LogP contribution >= 0.6 is 0 Å². The predicted octanol–water partition coefficient (Wildman–Crippen LogP) is 1.11. The van der Waals surface area contributed by atoms with Crippen LogP contribution in [0.1, 0.15) is 5.56 Å². The fourth-order valence-corrected chi connectivity index (χ4v) is 2.81. The summed E-state index contributed by atoms with van der Waals surface area (Å²) in [7, 11) is 1.30. The Bertz CT molecular complexity index is 838. The molecule has 0 bridgehead atoms. The van der Waals surface area contributed by atoms with Crippen LogP contribution in [0, 0.1) is 11.6 Å². The Balaban J connectivity index is 2.20. The number of benzene rings is 2. The zero-order chi connectivity index (χ0) is 21.6. The number of aliphatic carboxylic acids is 1. The van der Waals surface area contributed by atoms with E-state index in [1.807, 2.05) is 0 Å². The van der Waals surface area contributed by atoms with Gasteiger partial charge in [0.05, 0.1) is 6.04 Å². The van der Waals surface area contributed by atoms with E-state index in [1.54, 1.807) is 24.3 Å². The second-order valence-electron chi connectivity index (χ2n) is 6.44. The van der Waals surface area contributed by atoms with Gasteiger partial charge in [0, 0.05) is 13.2 Å². The molecule has 4 N–H and O–H groups in total. The number of hydrogen-bond acceptors (Lipinski definition) is 5. The van der Waals surface area contributed by atoms with Crippen LogP contribution < -0.4 is 5.32 Å². The number of methoxy groups -OCH3 is 1. The number of hydrogen-bond donors (Lipinski definition) is 4. The summed E-state index contributed by atoms with van der Waals surface area (Å²) in [5.74, 6) is -3.65. The van der Waals surface area contributed by atoms with Crippen molar-refractivity contribution in [3.63, 3.8) is 0 Å². The average molecular weight is 409 g/mol. The van der Waals surface area contributed by atoms with Gasteiger partial charge in [0.1, 0.15) is 24.3 Å². The van der Waals surface area contributed by atoms with E-state index in [2.05, 4.69) is 5.32 Å². The quantitative estimate of drug-likeness (QED) is 0.493. The third kappa shape index (κ3) is 6.31. The van der Waals surface area contributed by atoms with E-state index >= 15 is 0 Å². The molecule has 9 heteroatoms. The van der Waals surface area contributed by atoms with Crippen LogP contribution in [0.25, 0.3) is 11.1 Å². The van der Waals surface area contributed by atoms with Gasteiger partial charge in [0.2, 0.25) is 5.91 Å². The molecule has 0 aliphatic heterocycles. The van der Waals surface area contributed by atoms with E-state index in [0.29, 0.717) is 16.7 Å². The first kappa shape index (κ1) is 22.4. The molecule has 3 atom stereocenters. The highest BCUT2D eigenvalue weighted by Gasteiger charge is 2.32. The van der Waals surface area contributed by atoms with Crippen molar-refractivity contribution in [1.29, 1.82) is 0 Å². The molecule has 29 heavy (non-hydrogen) atoms. The maximum Gasteiger partial charge on any atom is 0.335 e. The lowest BCUT2D eigenvalue weighted by Gasteiger charge is -2.26. The van der Waals surface area contributed by atoms with Gasteiger partial charge in [-0.05, 0) is 35.2 Å². The lowest BCUT2D eigenvalue weighted by molar-refractivity contribution is -0.154. The SMILES string of the molecule is COCC(=O)N[C@@H](Cc1ccc(-c2cc(F)cc(F)c2)cc1)[C@H](O)[C@@H](O)C(=O)O. The summed E-state index contributed by atoms with van der Waals surface area (Å²) < 4.78 is 31.5. The number of carbonyl (C=O) groups excluding carboxylic acids is 1. The second kappa shape index (κ2) is 10.1. The van der Waals surface area contributed by atoms with E-state index in [4.69, 9.17) is 9.84 Å². The Kier molecular flexibility index (Phi) is 7.77. The second-order valence-corrected chi connectivity index (χ2v) is 6.44. The van der Waals surface area contributed by atoms with Crippen LogP contribution in [0.2, 0.25) is 0 Å². The zero-order valence-corrected chi connectivity index (χ0v) is 15.5. The van der Waals surface area contributed by atoms with Crippen LogP contribution in [0.3, 0.4) is 0 Å². The fraction of sp³-hybridized carbons (Fsp3) is 0.300. The lowest BCUT2D eigenvalue weighted by atomic mass is 9.96. The van der Waals surface area contributed by atoms with Gasteiger partial charge in [-0.25, -0.2) is 13.6 Å². The highest BCUT2D eigenvalue weighted by atomic mass is 19.1. The van der Waals surface area contributed by atoms with Gasteiger partial charge in [-0.1, -0.05) is 24.3 Å². The third-order valence-electron chi connectivity index (χ3n) is 4.22. The summed E-state index contributed by atoms with van der Waals surface area (Å²) >= 11 is 0. The van der Waals surface area contributed by atoms with E-state index in [1.165, 1.54) is 19.2 Å². The van der Waals surface area contributed by atoms with Crippen molar-refractivity contribution < 1.29 is 38.4 Å². The molecule has 7 nitrogen and oxygen atoms in total. The molecular formula is C20H21F2NO6. The van der Waals surface area contributed by atoms with Gasteiger partial charge >= 0.3 is 5.97 Å². The van der Waals surface area contributed by atoms with Crippen molar-refractivity contribution in [2.45, 2.75) is 24.7 Å². The number of nitrogens with one attached hydrogen (secondary N) is 1. The molecule has 2 rings (SSSR count). The molecule has 0 unspecified atom stereocenters. The van der Waals surface area contributed by atoms with Crippen molar-refractivity contribution in [1.82, 2.24) is 5.32 Å². The topological polar surface area (TPSA) is 116 Å². The van der Waals surface area contributed by atoms with Gasteiger partial charge in [0.25, 0.3) is 0 Å². The molecule has 0 radical (unpaired) electrons. The molecule has 2 aromatic carbocycles. The molecule has 0 aliphatic carbocycles. The maximum absolute atomic E-state index is 13.4. The normalized spacial score (nSPS) is 14.1. The lowest BCUT2D eigenvalue weighted by Crippen LogP contribution is -2.52. The van der Waals surface area contributed by atoms with Crippen LogP contribution in [-0.4, -0.2) is 59.2 Å². The first-order valence-corrected chi connectivity index (χ1v) is 8.64. The first-order chi connectivity index (χ1) is 13.7. The number of carboxylic acids is 1. The third-order valence-corrected chi connectivity index (χ3v) is 4.22. The van der Waals surface area contributed by atoms with Gasteiger partial charge in [-0.15, -0.1) is 0 Å². The summed E-state index contributed by atoms with van der Waals surface area (Å²) in [5, 5.41) is 31.1. The largest absolute Gasteiger partial charge is 0.479 e. The minimum Gasteiger partial charge on any atom is -0.479 e. The molecular weight excluding hydrogens is 388 g/mol. The standard InChI is InChI=1S/C20H21F2NO6/c1-29-10-17(24)23-16(18(25)19(26)20(27)28)6-11-2-4-12(5-3-11)13-7-14(21)9-15(22)8-13/h2-5,7-9,16,18-19,25-26H,6,10H2,1H3,(H,23,24)(H,27,28)/t16-,18-,19+/m0/s1. The Morgan fingerprint density at radius 3 is 2.14 bits per heavy atom. The van der Waals surface area contributed by atoms with Crippen molar-refractivity contribution in [3.8, 4) is 11.1 Å². The van der Waals surface area contributed by atoms with Gasteiger partial charge in [0.15, 0.2) is 6.10 Å². The molecule has 0 spiro atoms. The van der Waals surface area contributed by atoms with Crippen LogP contribution in [0.4, 0.5) is 8.78 Å². The van der Waals surface area contributed by atoms with E-state index in [0.717, 1.165) is 6.07 Å². The van der Waals surface area contributed by atoms with Crippen molar-refractivity contribution in [3.05, 3.63) is 59.7 Å². The molecule has 156 valence electrons. The number of aliphatic hydroxyl groups excluding tert-OH is 2. The predicted molar refractivity (Wildman–Crippen MR) is 99.0 cm³/mol. The minimum absolute atomic E-state index is 0.00124. The van der Waals surface area contributed by atoms with E-state index in [-0.39, 0.29) is 13.0 Å². The Hall–Kier alpha value is -2.88. The van der Waals surface area contributed by atoms with Crippen LogP contribution in [-0.2, 0) is 20.7 Å². The molecule has 0 aromatic heterocycles. The maximum atomic E-state index is 13.4. The summed E-state index contributed by atoms with van der Waals surface area (Å²) in [4.78, 5) is 22.8. The highest BCUT2D eigenvalue weighted by molar-refractivity contribution is 5.78. The first-order valence-electron chi connectivity index (χ1n) is 8.64. The van der Waals surface area contributed by atoms with E-state index in [9.17, 15) is 28.6 Å². The average Bonchev–Trinajstić information content (AvgIpc) is 2.66. The van der Waals surface area contributed by atoms with Crippen LogP contribution in [0.5, 0.6) is 0 Å². The number of amides is 1. The Labute approximate surface area is 165 Å². The van der Waals surface area contributed by atoms with Crippen molar-refractivity contribution >= 4 is 11.9 Å². The van der Waals surface area contributed by atoms with Gasteiger partial charge in [-0.2, -0.15) is 0 Å². The number of halogens is 2. The minimum atomic E-state index is -2.10. The highest BCUT2D eigenvalue weighted by Crippen LogP contribution is 2.23. The fourth-order valence-electron chi connectivity index (χ4n) is 2.81. The summed E-state index contributed by atoms with van der Waals surface area (Å²) in [6, 6.07) is 8.41. The van der Waals surface area contributed by atoms with Gasteiger partial charge in [-0.3, -0.25) is 4.79 Å². The van der Waals surface area contributed by atoms with Crippen molar-refractivity contribution in [2.75, 3.05) is 13.7 Å². The Morgan fingerprint density at radius 2 is 1.62 bits per heavy atom. The monoisotopic (exact) mass is 409 g/mol.